The molecule has 2 heterocycles. The topological polar surface area (TPSA) is 38.1 Å². The summed E-state index contributed by atoms with van der Waals surface area (Å²) in [5.41, 5.74) is 4.23. The lowest BCUT2D eigenvalue weighted by Gasteiger charge is -2.32. The van der Waals surface area contributed by atoms with Gasteiger partial charge in [0, 0.05) is 36.9 Å². The Balaban J connectivity index is 1.20. The quantitative estimate of drug-likeness (QED) is 0.443. The van der Waals surface area contributed by atoms with Crippen molar-refractivity contribution in [3.05, 3.63) is 53.3 Å². The first-order valence-corrected chi connectivity index (χ1v) is 14.3. The predicted molar refractivity (Wildman–Crippen MR) is 138 cm³/mol. The highest BCUT2D eigenvalue weighted by Gasteiger charge is 2.28. The van der Waals surface area contributed by atoms with Crippen molar-refractivity contribution >= 4 is 17.5 Å². The third-order valence-electron chi connectivity index (χ3n) is 7.71. The van der Waals surface area contributed by atoms with Gasteiger partial charge < -0.3 is 0 Å². The van der Waals surface area contributed by atoms with Gasteiger partial charge in [-0.2, -0.15) is 16.9 Å². The van der Waals surface area contributed by atoms with Gasteiger partial charge in [0.05, 0.1) is 6.20 Å². The van der Waals surface area contributed by atoms with Crippen LogP contribution in [0, 0.1) is 17.8 Å². The van der Waals surface area contributed by atoms with E-state index in [1.54, 1.807) is 0 Å². The van der Waals surface area contributed by atoms with Gasteiger partial charge in [-0.3, -0.25) is 14.4 Å². The van der Waals surface area contributed by atoms with Crippen molar-refractivity contribution in [3.63, 3.8) is 0 Å². The molecule has 0 atom stereocenters. The maximum absolute atomic E-state index is 12.3. The van der Waals surface area contributed by atoms with E-state index in [4.69, 9.17) is 0 Å². The Kier molecular flexibility index (Phi) is 8.70. The van der Waals surface area contributed by atoms with Gasteiger partial charge in [-0.25, -0.2) is 0 Å². The van der Waals surface area contributed by atoms with E-state index >= 15 is 0 Å². The lowest BCUT2D eigenvalue weighted by molar-refractivity contribution is -0.126. The monoisotopic (exact) mass is 467 g/mol. The molecule has 1 aliphatic heterocycles. The fourth-order valence-corrected chi connectivity index (χ4v) is 6.16. The molecule has 4 rings (SSSR count). The fourth-order valence-electron chi connectivity index (χ4n) is 5.68. The molecule has 2 aliphatic rings. The number of carbonyl (C=O) groups is 1. The summed E-state index contributed by atoms with van der Waals surface area (Å²) in [7, 11) is 0. The normalized spacial score (nSPS) is 22.7. The summed E-state index contributed by atoms with van der Waals surface area (Å²) in [5.74, 6) is 3.37. The number of hydrogen-bond donors (Lipinski definition) is 0. The Morgan fingerprint density at radius 3 is 2.36 bits per heavy atom. The van der Waals surface area contributed by atoms with Gasteiger partial charge in [-0.1, -0.05) is 38.1 Å². The van der Waals surface area contributed by atoms with Crippen LogP contribution in [0.25, 0.3) is 0 Å². The average molecular weight is 468 g/mol. The first-order valence-electron chi connectivity index (χ1n) is 12.9. The number of Topliss-reactive ketones (excluding diaryl/α,β-unsaturated/α-hetero) is 1. The maximum atomic E-state index is 12.3. The van der Waals surface area contributed by atoms with Crippen LogP contribution in [0.2, 0.25) is 0 Å². The molecule has 0 bridgehead atoms. The van der Waals surface area contributed by atoms with Crippen LogP contribution < -0.4 is 0 Å². The zero-order valence-electron chi connectivity index (χ0n) is 20.7. The van der Waals surface area contributed by atoms with Crippen LogP contribution in [-0.2, 0) is 23.6 Å². The van der Waals surface area contributed by atoms with E-state index in [0.29, 0.717) is 17.6 Å². The van der Waals surface area contributed by atoms with Gasteiger partial charge in [0.2, 0.25) is 0 Å². The maximum Gasteiger partial charge on any atom is 0.138 e. The Morgan fingerprint density at radius 2 is 1.73 bits per heavy atom. The van der Waals surface area contributed by atoms with Crippen molar-refractivity contribution < 1.29 is 4.79 Å². The number of hydrogen-bond acceptors (Lipinski definition) is 4. The number of aromatic nitrogens is 2. The summed E-state index contributed by atoms with van der Waals surface area (Å²) in [6.45, 7) is 8.55. The second-order valence-electron chi connectivity index (χ2n) is 10.6. The summed E-state index contributed by atoms with van der Waals surface area (Å²) in [6.07, 6.45) is 13.3. The van der Waals surface area contributed by atoms with Crippen LogP contribution in [-0.4, -0.2) is 39.8 Å². The molecule has 1 aromatic carbocycles. The summed E-state index contributed by atoms with van der Waals surface area (Å²) < 4.78 is 2.15. The van der Waals surface area contributed by atoms with Crippen molar-refractivity contribution in [2.24, 2.45) is 17.8 Å². The molecule has 1 aliphatic carbocycles. The third kappa shape index (κ3) is 6.73. The van der Waals surface area contributed by atoms with Gasteiger partial charge in [0.25, 0.3) is 0 Å². The minimum Gasteiger partial charge on any atom is -0.299 e. The second kappa shape index (κ2) is 11.7. The van der Waals surface area contributed by atoms with E-state index in [2.05, 4.69) is 51.4 Å². The molecular weight excluding hydrogens is 426 g/mol. The molecule has 1 saturated carbocycles. The van der Waals surface area contributed by atoms with Gasteiger partial charge in [0.15, 0.2) is 0 Å². The van der Waals surface area contributed by atoms with Crippen molar-refractivity contribution in [1.29, 1.82) is 0 Å². The SMILES string of the molecule is CSCc1cnn(CC2CCN(Cc3ccc([C@H]4CC[C@H](C(=O)C(C)C)CC4)cc3)CC2)c1. The molecule has 2 aromatic rings. The van der Waals surface area contributed by atoms with Crippen LogP contribution in [0.1, 0.15) is 75.0 Å². The van der Waals surface area contributed by atoms with Crippen LogP contribution >= 0.6 is 11.8 Å². The summed E-state index contributed by atoms with van der Waals surface area (Å²) >= 11 is 1.85. The Bertz CT molecular complexity index is 875. The van der Waals surface area contributed by atoms with Crippen molar-refractivity contribution in [3.8, 4) is 0 Å². The molecule has 0 N–H and O–H groups in total. The molecule has 5 heteroatoms. The molecule has 180 valence electrons. The molecule has 0 radical (unpaired) electrons. The predicted octanol–water partition coefficient (Wildman–Crippen LogP) is 6.16. The zero-order chi connectivity index (χ0) is 23.2. The van der Waals surface area contributed by atoms with Crippen molar-refractivity contribution in [1.82, 2.24) is 14.7 Å². The van der Waals surface area contributed by atoms with Gasteiger partial charge in [-0.05, 0) is 86.4 Å². The zero-order valence-corrected chi connectivity index (χ0v) is 21.5. The number of piperidine rings is 1. The van der Waals surface area contributed by atoms with Crippen LogP contribution in [0.15, 0.2) is 36.7 Å². The lowest BCUT2D eigenvalue weighted by atomic mass is 9.75. The summed E-state index contributed by atoms with van der Waals surface area (Å²) in [6, 6.07) is 9.37. The molecule has 0 spiro atoms. The number of nitrogens with zero attached hydrogens (tertiary/aromatic N) is 3. The molecule has 1 aromatic heterocycles. The minimum atomic E-state index is 0.180. The molecule has 1 saturated heterocycles. The van der Waals surface area contributed by atoms with Crippen LogP contribution in [0.4, 0.5) is 0 Å². The van der Waals surface area contributed by atoms with E-state index in [-0.39, 0.29) is 5.92 Å². The van der Waals surface area contributed by atoms with E-state index in [0.717, 1.165) is 50.4 Å². The van der Waals surface area contributed by atoms with Gasteiger partial charge >= 0.3 is 0 Å². The van der Waals surface area contributed by atoms with Crippen molar-refractivity contribution in [2.45, 2.75) is 77.1 Å². The van der Waals surface area contributed by atoms with E-state index in [1.165, 1.54) is 42.6 Å². The molecule has 2 fully saturated rings. The molecule has 33 heavy (non-hydrogen) atoms. The van der Waals surface area contributed by atoms with E-state index in [9.17, 15) is 4.79 Å². The smallest absolute Gasteiger partial charge is 0.138 e. The molecular formula is C28H41N3OS. The van der Waals surface area contributed by atoms with Crippen molar-refractivity contribution in [2.75, 3.05) is 19.3 Å². The molecule has 4 nitrogen and oxygen atoms in total. The van der Waals surface area contributed by atoms with E-state index < -0.39 is 0 Å². The number of ketones is 1. The molecule has 0 unspecified atom stereocenters. The average Bonchev–Trinajstić information content (AvgIpc) is 3.27. The van der Waals surface area contributed by atoms with Crippen LogP contribution in [0.5, 0.6) is 0 Å². The molecule has 0 amide bonds. The number of likely N-dealkylation sites (tertiary alicyclic amines) is 1. The largest absolute Gasteiger partial charge is 0.299 e. The summed E-state index contributed by atoms with van der Waals surface area (Å²) in [5, 5.41) is 4.56. The first-order chi connectivity index (χ1) is 16.0. The van der Waals surface area contributed by atoms with Gasteiger partial charge in [0.1, 0.15) is 5.78 Å². The Morgan fingerprint density at radius 1 is 1.03 bits per heavy atom. The second-order valence-corrected chi connectivity index (χ2v) is 11.4. The first kappa shape index (κ1) is 24.5. The highest BCUT2D eigenvalue weighted by Crippen LogP contribution is 2.37. The standard InChI is InChI=1S/C28H41N3OS/c1-21(2)28(32)27-10-8-26(9-11-27)25-6-4-22(5-7-25)17-30-14-12-23(13-15-30)18-31-19-24(16-29-31)20-33-3/h4-7,16,19,21,23,26-27H,8-15,17-18,20H2,1-3H3/t26-,27-. The third-order valence-corrected chi connectivity index (χ3v) is 8.33. The number of carbonyl (C=O) groups excluding carboxylic acids is 1. The van der Waals surface area contributed by atoms with E-state index in [1.807, 2.05) is 31.8 Å². The fraction of sp³-hybridized carbons (Fsp3) is 0.643. The summed E-state index contributed by atoms with van der Waals surface area (Å²) in [4.78, 5) is 14.9. The minimum absolute atomic E-state index is 0.180. The Labute approximate surface area is 204 Å². The number of rotatable bonds is 9. The van der Waals surface area contributed by atoms with Crippen LogP contribution in [0.3, 0.4) is 0 Å². The highest BCUT2D eigenvalue weighted by molar-refractivity contribution is 7.97. The van der Waals surface area contributed by atoms with Gasteiger partial charge in [-0.15, -0.1) is 0 Å². The Hall–Kier alpha value is -1.59. The number of benzene rings is 1. The lowest BCUT2D eigenvalue weighted by Crippen LogP contribution is -2.34. The number of thioether (sulfide) groups is 1. The highest BCUT2D eigenvalue weighted by atomic mass is 32.2.